The summed E-state index contributed by atoms with van der Waals surface area (Å²) < 4.78 is 5.44. The van der Waals surface area contributed by atoms with E-state index < -0.39 is 11.6 Å². The van der Waals surface area contributed by atoms with Crippen LogP contribution in [-0.4, -0.2) is 21.7 Å². The Bertz CT molecular complexity index is 383. The number of nitrogen functional groups attached to an aromatic ring is 1. The van der Waals surface area contributed by atoms with Crippen LogP contribution < -0.4 is 10.5 Å². The fourth-order valence-corrected chi connectivity index (χ4v) is 0.962. The third-order valence-corrected chi connectivity index (χ3v) is 1.53. The molecule has 0 saturated heterocycles. The Morgan fingerprint density at radius 2 is 2.13 bits per heavy atom. The first-order valence-electron chi connectivity index (χ1n) is 4.47. The van der Waals surface area contributed by atoms with Gasteiger partial charge in [-0.3, -0.25) is 0 Å². The zero-order valence-corrected chi connectivity index (χ0v) is 8.94. The number of hydrogen-bond acceptors (Lipinski definition) is 4. The van der Waals surface area contributed by atoms with Crippen molar-refractivity contribution < 1.29 is 14.6 Å². The number of hydrogen-bond donors (Lipinski definition) is 2. The number of anilines is 1. The van der Waals surface area contributed by atoms with Gasteiger partial charge in [0.1, 0.15) is 5.60 Å². The summed E-state index contributed by atoms with van der Waals surface area (Å²) >= 11 is 0. The van der Waals surface area contributed by atoms with Crippen molar-refractivity contribution in [1.29, 1.82) is 0 Å². The van der Waals surface area contributed by atoms with E-state index in [0.29, 0.717) is 0 Å². The quantitative estimate of drug-likeness (QED) is 0.773. The van der Waals surface area contributed by atoms with Crippen LogP contribution in [0.2, 0.25) is 0 Å². The number of aromatic nitrogens is 1. The van der Waals surface area contributed by atoms with E-state index in [4.69, 9.17) is 15.6 Å². The number of nitrogens with two attached hydrogens (primary N) is 1. The van der Waals surface area contributed by atoms with Gasteiger partial charge < -0.3 is 15.6 Å². The third kappa shape index (κ3) is 3.12. The fourth-order valence-electron chi connectivity index (χ4n) is 0.962. The Balaban J connectivity index is 2.99. The van der Waals surface area contributed by atoms with E-state index in [2.05, 4.69) is 4.98 Å². The first-order chi connectivity index (χ1) is 6.79. The highest BCUT2D eigenvalue weighted by Crippen LogP contribution is 2.23. The molecule has 5 nitrogen and oxygen atoms in total. The van der Waals surface area contributed by atoms with Gasteiger partial charge in [-0.25, -0.2) is 9.78 Å². The molecule has 0 aliphatic heterocycles. The summed E-state index contributed by atoms with van der Waals surface area (Å²) in [4.78, 5) is 14.5. The first kappa shape index (κ1) is 11.3. The van der Waals surface area contributed by atoms with Crippen molar-refractivity contribution in [3.05, 3.63) is 17.8 Å². The molecule has 82 valence electrons. The van der Waals surface area contributed by atoms with E-state index in [1.165, 1.54) is 12.3 Å². The van der Waals surface area contributed by atoms with E-state index in [1.54, 1.807) is 0 Å². The summed E-state index contributed by atoms with van der Waals surface area (Å²) in [6.07, 6.45) is 1.22. The largest absolute Gasteiger partial charge is 0.478 e. The van der Waals surface area contributed by atoms with Gasteiger partial charge in [0.05, 0.1) is 11.3 Å². The highest BCUT2D eigenvalue weighted by atomic mass is 16.5. The summed E-state index contributed by atoms with van der Waals surface area (Å²) in [6, 6.07) is 1.33. The second kappa shape index (κ2) is 3.76. The van der Waals surface area contributed by atoms with Crippen molar-refractivity contribution in [3.63, 3.8) is 0 Å². The molecular weight excluding hydrogens is 196 g/mol. The topological polar surface area (TPSA) is 85.4 Å². The van der Waals surface area contributed by atoms with Gasteiger partial charge in [0, 0.05) is 6.20 Å². The molecule has 1 heterocycles. The van der Waals surface area contributed by atoms with Crippen molar-refractivity contribution in [2.24, 2.45) is 0 Å². The Morgan fingerprint density at radius 3 is 2.53 bits per heavy atom. The maximum atomic E-state index is 10.6. The molecule has 0 unspecified atom stereocenters. The maximum Gasteiger partial charge on any atom is 0.337 e. The zero-order valence-electron chi connectivity index (χ0n) is 8.94. The molecule has 0 radical (unpaired) electrons. The number of rotatable bonds is 2. The van der Waals surface area contributed by atoms with Crippen molar-refractivity contribution >= 4 is 11.7 Å². The summed E-state index contributed by atoms with van der Waals surface area (Å²) in [5.74, 6) is -0.802. The summed E-state index contributed by atoms with van der Waals surface area (Å²) in [5.41, 5.74) is 5.48. The number of ether oxygens (including phenoxy) is 1. The second-order valence-electron chi connectivity index (χ2n) is 4.14. The highest BCUT2D eigenvalue weighted by Gasteiger charge is 2.16. The Kier molecular flexibility index (Phi) is 2.83. The number of nitrogens with zero attached hydrogens (tertiary/aromatic N) is 1. The minimum atomic E-state index is -1.06. The average Bonchev–Trinajstić information content (AvgIpc) is 2.05. The van der Waals surface area contributed by atoms with E-state index in [-0.39, 0.29) is 17.1 Å². The monoisotopic (exact) mass is 210 g/mol. The summed E-state index contributed by atoms with van der Waals surface area (Å²) in [5, 5.41) is 8.70. The van der Waals surface area contributed by atoms with Crippen molar-refractivity contribution in [1.82, 2.24) is 4.98 Å². The van der Waals surface area contributed by atoms with Crippen LogP contribution in [-0.2, 0) is 0 Å². The molecule has 1 aromatic heterocycles. The predicted octanol–water partition coefficient (Wildman–Crippen LogP) is 1.54. The molecule has 5 heteroatoms. The average molecular weight is 210 g/mol. The summed E-state index contributed by atoms with van der Waals surface area (Å²) in [7, 11) is 0. The summed E-state index contributed by atoms with van der Waals surface area (Å²) in [6.45, 7) is 5.58. The Morgan fingerprint density at radius 1 is 1.53 bits per heavy atom. The molecule has 1 rings (SSSR count). The normalized spacial score (nSPS) is 11.1. The van der Waals surface area contributed by atoms with Gasteiger partial charge in [-0.1, -0.05) is 0 Å². The van der Waals surface area contributed by atoms with E-state index >= 15 is 0 Å². The molecule has 0 aliphatic rings. The predicted molar refractivity (Wildman–Crippen MR) is 56.0 cm³/mol. The SMILES string of the molecule is CC(C)(C)Oc1ncc(C(=O)O)cc1N. The molecule has 15 heavy (non-hydrogen) atoms. The van der Waals surface area contributed by atoms with Gasteiger partial charge in [-0.15, -0.1) is 0 Å². The van der Waals surface area contributed by atoms with Crippen LogP contribution in [0.4, 0.5) is 5.69 Å². The molecular formula is C10H14N2O3. The molecule has 0 bridgehead atoms. The van der Waals surface area contributed by atoms with E-state index in [0.717, 1.165) is 0 Å². The lowest BCUT2D eigenvalue weighted by molar-refractivity contribution is 0.0696. The lowest BCUT2D eigenvalue weighted by Gasteiger charge is -2.21. The minimum Gasteiger partial charge on any atom is -0.478 e. The lowest BCUT2D eigenvalue weighted by Crippen LogP contribution is -2.24. The Labute approximate surface area is 87.9 Å². The standard InChI is InChI=1S/C10H14N2O3/c1-10(2,3)15-8-7(11)4-6(5-12-8)9(13)14/h4-5H,11H2,1-3H3,(H,13,14). The van der Waals surface area contributed by atoms with Gasteiger partial charge >= 0.3 is 5.97 Å². The van der Waals surface area contributed by atoms with Crippen molar-refractivity contribution in [2.45, 2.75) is 26.4 Å². The van der Waals surface area contributed by atoms with Crippen molar-refractivity contribution in [2.75, 3.05) is 5.73 Å². The maximum absolute atomic E-state index is 10.6. The third-order valence-electron chi connectivity index (χ3n) is 1.53. The van der Waals surface area contributed by atoms with Crippen molar-refractivity contribution in [3.8, 4) is 5.88 Å². The number of aromatic carboxylic acids is 1. The van der Waals surface area contributed by atoms with Gasteiger partial charge in [-0.05, 0) is 26.8 Å². The van der Waals surface area contributed by atoms with Crippen LogP contribution in [0.25, 0.3) is 0 Å². The molecule has 1 aromatic rings. The molecule has 0 amide bonds. The van der Waals surface area contributed by atoms with E-state index in [9.17, 15) is 4.79 Å². The number of pyridine rings is 1. The number of carbonyl (C=O) groups is 1. The molecule has 0 atom stereocenters. The van der Waals surface area contributed by atoms with Crippen LogP contribution in [0.5, 0.6) is 5.88 Å². The van der Waals surface area contributed by atoms with Crippen LogP contribution in [0.1, 0.15) is 31.1 Å². The van der Waals surface area contributed by atoms with E-state index in [1.807, 2.05) is 20.8 Å². The molecule has 0 spiro atoms. The zero-order chi connectivity index (χ0) is 11.6. The first-order valence-corrected chi connectivity index (χ1v) is 4.47. The minimum absolute atomic E-state index is 0.0498. The second-order valence-corrected chi connectivity index (χ2v) is 4.14. The highest BCUT2D eigenvalue weighted by molar-refractivity contribution is 5.88. The smallest absolute Gasteiger partial charge is 0.337 e. The van der Waals surface area contributed by atoms with Gasteiger partial charge in [0.2, 0.25) is 5.88 Å². The molecule has 0 aliphatic carbocycles. The fraction of sp³-hybridized carbons (Fsp3) is 0.400. The molecule has 0 aromatic carbocycles. The van der Waals surface area contributed by atoms with Crippen LogP contribution in [0, 0.1) is 0 Å². The van der Waals surface area contributed by atoms with Crippen LogP contribution >= 0.6 is 0 Å². The molecule has 0 fully saturated rings. The molecule has 3 N–H and O–H groups in total. The van der Waals surface area contributed by atoms with Gasteiger partial charge in [0.25, 0.3) is 0 Å². The Hall–Kier alpha value is -1.78. The van der Waals surface area contributed by atoms with Crippen LogP contribution in [0.3, 0.4) is 0 Å². The number of carboxylic acids is 1. The van der Waals surface area contributed by atoms with Crippen LogP contribution in [0.15, 0.2) is 12.3 Å². The lowest BCUT2D eigenvalue weighted by atomic mass is 10.2. The van der Waals surface area contributed by atoms with Gasteiger partial charge in [-0.2, -0.15) is 0 Å². The van der Waals surface area contributed by atoms with Gasteiger partial charge in [0.15, 0.2) is 0 Å². The molecule has 0 saturated carbocycles. The number of carboxylic acid groups (broad SMARTS) is 1.